The van der Waals surface area contributed by atoms with E-state index < -0.39 is 29.6 Å². The first-order valence-electron chi connectivity index (χ1n) is 22.4. The number of unbranched alkanes of at least 4 members (excludes halogenated alkanes) is 1. The smallest absolute Gasteiger partial charge is 0.407 e. The van der Waals surface area contributed by atoms with Crippen molar-refractivity contribution in [3.63, 3.8) is 0 Å². The van der Waals surface area contributed by atoms with Crippen LogP contribution in [0.5, 0.6) is 0 Å². The van der Waals surface area contributed by atoms with Gasteiger partial charge in [0, 0.05) is 77.3 Å². The molecule has 0 unspecified atom stereocenters. The first-order valence-corrected chi connectivity index (χ1v) is 22.4. The number of benzene rings is 2. The zero-order valence-electron chi connectivity index (χ0n) is 38.4. The normalized spacial score (nSPS) is 15.2. The number of carboxylic acids is 1. The number of carboxylic acid groups (broad SMARTS) is 1. The van der Waals surface area contributed by atoms with E-state index in [4.69, 9.17) is 14.2 Å². The summed E-state index contributed by atoms with van der Waals surface area (Å²) < 4.78 is 16.7. The van der Waals surface area contributed by atoms with E-state index >= 15 is 0 Å². The van der Waals surface area contributed by atoms with Crippen LogP contribution in [-0.2, 0) is 47.1 Å². The van der Waals surface area contributed by atoms with Gasteiger partial charge in [0.05, 0.1) is 28.2 Å². The lowest BCUT2D eigenvalue weighted by molar-refractivity contribution is 0.0463. The molecule has 2 aromatic carbocycles. The van der Waals surface area contributed by atoms with Crippen molar-refractivity contribution in [2.24, 2.45) is 0 Å². The number of carbonyl (C=O) groups excluding carboxylic acids is 3. The molecule has 0 aliphatic carbocycles. The van der Waals surface area contributed by atoms with Gasteiger partial charge in [0.1, 0.15) is 24.5 Å². The topological polar surface area (TPSA) is 177 Å². The molecule has 1 aliphatic heterocycles. The van der Waals surface area contributed by atoms with Gasteiger partial charge in [-0.2, -0.15) is 0 Å². The van der Waals surface area contributed by atoms with Crippen LogP contribution in [-0.4, -0.2) is 110 Å². The molecule has 0 spiro atoms. The molecule has 1 saturated heterocycles. The number of hydrogen-bond acceptors (Lipinski definition) is 13. The number of rotatable bonds is 18. The third-order valence-electron chi connectivity index (χ3n) is 11.0. The van der Waals surface area contributed by atoms with Gasteiger partial charge >= 0.3 is 24.0 Å². The number of ether oxygens (including phenoxy) is 3. The van der Waals surface area contributed by atoms with Gasteiger partial charge in [-0.05, 0) is 93.6 Å². The summed E-state index contributed by atoms with van der Waals surface area (Å²) in [5.74, 6) is -1.96. The summed E-state index contributed by atoms with van der Waals surface area (Å²) in [6.45, 7) is 12.6. The summed E-state index contributed by atoms with van der Waals surface area (Å²) in [5, 5.41) is 12.8. The molecule has 0 saturated carbocycles. The van der Waals surface area contributed by atoms with E-state index in [9.17, 15) is 24.3 Å². The van der Waals surface area contributed by atoms with E-state index in [1.807, 2.05) is 94.4 Å². The van der Waals surface area contributed by atoms with Crippen molar-refractivity contribution in [2.75, 3.05) is 39.3 Å². The van der Waals surface area contributed by atoms with E-state index in [0.717, 1.165) is 29.5 Å². The average molecular weight is 900 g/mol. The fraction of sp³-hybridized carbons (Fsp3) is 0.392. The van der Waals surface area contributed by atoms with Gasteiger partial charge in [0.2, 0.25) is 0 Å². The van der Waals surface area contributed by atoms with Gasteiger partial charge < -0.3 is 24.6 Å². The SMILES string of the molecule is Cc1cc(CN2CCN(Cc3cc(C(=O)OCc4ccccc4)ccn3)CCN(Cc3cc(C(=O)OCc4ccccc4)ccn3)C[C@@H]2CCCCNC(=O)OC(C)(C)C)nc(C(=O)O)c1. The highest BCUT2D eigenvalue weighted by molar-refractivity contribution is 5.90. The Morgan fingerprint density at radius 3 is 1.83 bits per heavy atom. The number of nitrogens with one attached hydrogen (secondary N) is 1. The van der Waals surface area contributed by atoms with Gasteiger partial charge in [0.25, 0.3) is 0 Å². The molecule has 5 aromatic rings. The Morgan fingerprint density at radius 1 is 0.697 bits per heavy atom. The lowest BCUT2D eigenvalue weighted by Gasteiger charge is -2.35. The number of amides is 1. The molecule has 0 bridgehead atoms. The molecule has 1 atom stereocenters. The maximum atomic E-state index is 13.2. The second-order valence-corrected chi connectivity index (χ2v) is 17.6. The second kappa shape index (κ2) is 24.1. The molecule has 1 amide bonds. The quantitative estimate of drug-likeness (QED) is 0.0503. The number of aryl methyl sites for hydroxylation is 1. The average Bonchev–Trinajstić information content (AvgIpc) is 3.36. The fourth-order valence-corrected chi connectivity index (χ4v) is 7.74. The Balaban J connectivity index is 1.24. The van der Waals surface area contributed by atoms with Crippen molar-refractivity contribution < 1.29 is 38.5 Å². The molecule has 1 aliphatic rings. The zero-order chi connectivity index (χ0) is 46.9. The highest BCUT2D eigenvalue weighted by Crippen LogP contribution is 2.21. The molecular formula is C51H61N7O8. The number of nitrogens with zero attached hydrogens (tertiary/aromatic N) is 6. The summed E-state index contributed by atoms with van der Waals surface area (Å²) in [5.41, 5.74) is 4.86. The predicted molar refractivity (Wildman–Crippen MR) is 248 cm³/mol. The number of hydrogen-bond donors (Lipinski definition) is 2. The van der Waals surface area contributed by atoms with Crippen molar-refractivity contribution in [1.82, 2.24) is 35.0 Å². The Labute approximate surface area is 387 Å². The summed E-state index contributed by atoms with van der Waals surface area (Å²) >= 11 is 0. The Morgan fingerprint density at radius 2 is 1.26 bits per heavy atom. The van der Waals surface area contributed by atoms with Crippen LogP contribution in [0.2, 0.25) is 0 Å². The highest BCUT2D eigenvalue weighted by Gasteiger charge is 2.27. The molecule has 6 rings (SSSR count). The minimum Gasteiger partial charge on any atom is -0.477 e. The van der Waals surface area contributed by atoms with Gasteiger partial charge in [-0.3, -0.25) is 24.7 Å². The first-order chi connectivity index (χ1) is 31.8. The Kier molecular flexibility index (Phi) is 17.9. The molecule has 15 heteroatoms. The van der Waals surface area contributed by atoms with Gasteiger partial charge in [-0.1, -0.05) is 67.1 Å². The zero-order valence-corrected chi connectivity index (χ0v) is 38.4. The maximum absolute atomic E-state index is 13.2. The molecule has 3 aromatic heterocycles. The lowest BCUT2D eigenvalue weighted by atomic mass is 10.1. The number of aromatic carboxylic acids is 1. The number of alkyl carbamates (subject to hydrolysis) is 1. The predicted octanol–water partition coefficient (Wildman–Crippen LogP) is 7.48. The maximum Gasteiger partial charge on any atom is 0.407 e. The minimum absolute atomic E-state index is 0.0104. The van der Waals surface area contributed by atoms with E-state index in [0.29, 0.717) is 93.5 Å². The van der Waals surface area contributed by atoms with Crippen LogP contribution in [0, 0.1) is 6.92 Å². The van der Waals surface area contributed by atoms with Gasteiger partial charge in [0.15, 0.2) is 0 Å². The van der Waals surface area contributed by atoms with Crippen LogP contribution in [0.3, 0.4) is 0 Å². The molecule has 2 N–H and O–H groups in total. The standard InChI is InChI=1S/C51H61N7O8/c1-37-27-44(55-46(28-37)47(59)60)33-58-26-25-56(31-42-29-40(18-21-52-42)48(61)64-35-38-13-7-5-8-14-38)23-24-57(34-45(58)17-11-12-20-54-50(63)66-51(2,3)4)32-43-30-41(19-22-53-43)49(62)65-36-39-15-9-6-10-16-39/h5-10,13-16,18-19,21-22,27-30,45H,11-12,17,20,23-26,31-36H2,1-4H3,(H,54,63)(H,59,60)/t45-/m0/s1. The van der Waals surface area contributed by atoms with Crippen LogP contribution >= 0.6 is 0 Å². The van der Waals surface area contributed by atoms with Crippen molar-refractivity contribution in [2.45, 2.75) is 91.4 Å². The Bertz CT molecular complexity index is 2380. The van der Waals surface area contributed by atoms with E-state index in [1.54, 1.807) is 42.7 Å². The van der Waals surface area contributed by atoms with Crippen molar-refractivity contribution >= 4 is 24.0 Å². The Hall–Kier alpha value is -6.55. The van der Waals surface area contributed by atoms with Crippen LogP contribution in [0.4, 0.5) is 4.79 Å². The van der Waals surface area contributed by atoms with Gasteiger partial charge in [-0.15, -0.1) is 0 Å². The minimum atomic E-state index is -1.09. The summed E-state index contributed by atoms with van der Waals surface area (Å²) in [6, 6.07) is 29.4. The number of pyridine rings is 3. The largest absolute Gasteiger partial charge is 0.477 e. The second-order valence-electron chi connectivity index (χ2n) is 17.6. The molecule has 1 fully saturated rings. The first kappa shape index (κ1) is 48.9. The molecular weight excluding hydrogens is 839 g/mol. The van der Waals surface area contributed by atoms with E-state index in [1.165, 1.54) is 0 Å². The highest BCUT2D eigenvalue weighted by atomic mass is 16.6. The van der Waals surface area contributed by atoms with Crippen LogP contribution in [0.25, 0.3) is 0 Å². The van der Waals surface area contributed by atoms with E-state index in [2.05, 4.69) is 35.0 Å². The lowest BCUT2D eigenvalue weighted by Crippen LogP contribution is -2.44. The van der Waals surface area contributed by atoms with Gasteiger partial charge in [-0.25, -0.2) is 24.2 Å². The number of aromatic nitrogens is 3. The van der Waals surface area contributed by atoms with Crippen LogP contribution < -0.4 is 5.32 Å². The van der Waals surface area contributed by atoms with E-state index in [-0.39, 0.29) is 24.9 Å². The van der Waals surface area contributed by atoms with Crippen molar-refractivity contribution in [3.8, 4) is 0 Å². The molecule has 66 heavy (non-hydrogen) atoms. The third kappa shape index (κ3) is 16.2. The molecule has 15 nitrogen and oxygen atoms in total. The van der Waals surface area contributed by atoms with Crippen LogP contribution in [0.15, 0.2) is 109 Å². The van der Waals surface area contributed by atoms with Crippen molar-refractivity contribution in [3.05, 3.63) is 160 Å². The molecule has 4 heterocycles. The van der Waals surface area contributed by atoms with Crippen molar-refractivity contribution in [1.29, 1.82) is 0 Å². The number of esters is 2. The summed E-state index contributed by atoms with van der Waals surface area (Å²) in [4.78, 5) is 71.8. The molecule has 0 radical (unpaired) electrons. The summed E-state index contributed by atoms with van der Waals surface area (Å²) in [7, 11) is 0. The molecule has 348 valence electrons. The monoisotopic (exact) mass is 899 g/mol. The number of carbonyl (C=O) groups is 4. The summed E-state index contributed by atoms with van der Waals surface area (Å²) in [6.07, 6.45) is 5.06. The van der Waals surface area contributed by atoms with Crippen LogP contribution in [0.1, 0.15) is 105 Å². The third-order valence-corrected chi connectivity index (χ3v) is 11.0. The fourth-order valence-electron chi connectivity index (χ4n) is 7.74.